The van der Waals surface area contributed by atoms with Gasteiger partial charge in [-0.25, -0.2) is 4.79 Å². The molecule has 2 heterocycles. The Morgan fingerprint density at radius 1 is 1.15 bits per heavy atom. The van der Waals surface area contributed by atoms with Crippen molar-refractivity contribution >= 4 is 51.7 Å². The molecule has 3 rings (SSSR count). The quantitative estimate of drug-likeness (QED) is 0.0659. The number of epoxide rings is 1. The highest BCUT2D eigenvalue weighted by molar-refractivity contribution is 6.74. The Labute approximate surface area is 324 Å². The standard InChI is InChI=1S/C39H63ClN2O9Si2/c1-16-47-34(43)24-33(51-53(14,15)38(4,5)6)39(7)36(48-39)26(3)31-23-28(41-49-31)30(50-52(11,12)13)19-17-18-25(2)20-27-21-29(42(8)37(44)46-10)35(40)32(22-27)45-9/h17-19,21-22,26,30-31,33,36H,16,20,23-24H2,1-15H3/b19-17+,25-18+/t26-,30?,31+,33+,36+,39+/m1/s1. The maximum absolute atomic E-state index is 12.7. The lowest BCUT2D eigenvalue weighted by Gasteiger charge is -2.40. The number of carbonyl (C=O) groups is 2. The van der Waals surface area contributed by atoms with E-state index in [0.717, 1.165) is 16.8 Å². The number of nitrogens with zero attached hydrogens (tertiary/aromatic N) is 2. The molecule has 0 spiro atoms. The first-order valence-electron chi connectivity index (χ1n) is 18.4. The van der Waals surface area contributed by atoms with Gasteiger partial charge in [0.25, 0.3) is 0 Å². The van der Waals surface area contributed by atoms with Crippen molar-refractivity contribution in [2.24, 2.45) is 11.1 Å². The van der Waals surface area contributed by atoms with Gasteiger partial charge < -0.3 is 32.6 Å². The maximum Gasteiger partial charge on any atom is 0.413 e. The summed E-state index contributed by atoms with van der Waals surface area (Å²) in [6.45, 7) is 25.7. The number of carbonyl (C=O) groups excluding carboxylic acids is 2. The first-order valence-corrected chi connectivity index (χ1v) is 25.1. The van der Waals surface area contributed by atoms with Crippen molar-refractivity contribution in [1.29, 1.82) is 0 Å². The largest absolute Gasteiger partial charge is 0.495 e. The van der Waals surface area contributed by atoms with Gasteiger partial charge in [0, 0.05) is 19.4 Å². The first-order chi connectivity index (χ1) is 24.5. The van der Waals surface area contributed by atoms with E-state index in [2.05, 4.69) is 65.6 Å². The Morgan fingerprint density at radius 2 is 1.81 bits per heavy atom. The van der Waals surface area contributed by atoms with Crippen molar-refractivity contribution in [3.63, 3.8) is 0 Å². The normalized spacial score (nSPS) is 22.5. The molecule has 0 bridgehead atoms. The second-order valence-corrected chi connectivity index (χ2v) is 26.4. The predicted molar refractivity (Wildman–Crippen MR) is 216 cm³/mol. The summed E-state index contributed by atoms with van der Waals surface area (Å²) in [7, 11) is 0.251. The summed E-state index contributed by atoms with van der Waals surface area (Å²) in [6.07, 6.45) is 5.65. The number of allylic oxidation sites excluding steroid dienone is 3. The molecule has 0 aliphatic carbocycles. The van der Waals surface area contributed by atoms with Crippen LogP contribution in [0.3, 0.4) is 0 Å². The van der Waals surface area contributed by atoms with Gasteiger partial charge in [-0.2, -0.15) is 0 Å². The van der Waals surface area contributed by atoms with Crippen LogP contribution in [0.5, 0.6) is 5.75 Å². The summed E-state index contributed by atoms with van der Waals surface area (Å²) in [5, 5.41) is 4.84. The molecule has 0 N–H and O–H groups in total. The molecule has 0 saturated carbocycles. The van der Waals surface area contributed by atoms with Crippen molar-refractivity contribution in [3.8, 4) is 5.75 Å². The zero-order chi connectivity index (χ0) is 40.1. The number of anilines is 1. The minimum absolute atomic E-state index is 0.0212. The van der Waals surface area contributed by atoms with E-state index in [0.29, 0.717) is 35.9 Å². The number of methoxy groups -OCH3 is 2. The smallest absolute Gasteiger partial charge is 0.413 e. The molecule has 1 aromatic rings. The van der Waals surface area contributed by atoms with E-state index in [1.165, 1.54) is 12.0 Å². The molecule has 2 aliphatic rings. The van der Waals surface area contributed by atoms with Gasteiger partial charge in [-0.3, -0.25) is 9.69 Å². The van der Waals surface area contributed by atoms with Gasteiger partial charge >= 0.3 is 12.1 Å². The van der Waals surface area contributed by atoms with Crippen LogP contribution in [0.15, 0.2) is 41.1 Å². The van der Waals surface area contributed by atoms with Gasteiger partial charge in [0.05, 0.1) is 50.9 Å². The van der Waals surface area contributed by atoms with Crippen LogP contribution < -0.4 is 9.64 Å². The van der Waals surface area contributed by atoms with Crippen LogP contribution in [0.1, 0.15) is 66.9 Å². The average Bonchev–Trinajstić information content (AvgIpc) is 3.50. The van der Waals surface area contributed by atoms with Crippen molar-refractivity contribution < 1.29 is 42.2 Å². The average molecular weight is 796 g/mol. The molecule has 1 saturated heterocycles. The van der Waals surface area contributed by atoms with E-state index in [9.17, 15) is 9.59 Å². The molecule has 2 aliphatic heterocycles. The van der Waals surface area contributed by atoms with Crippen LogP contribution in [0, 0.1) is 5.92 Å². The topological polar surface area (TPSA) is 118 Å². The highest BCUT2D eigenvalue weighted by Crippen LogP contribution is 2.50. The minimum atomic E-state index is -2.23. The van der Waals surface area contributed by atoms with Crippen LogP contribution in [0.4, 0.5) is 10.5 Å². The van der Waals surface area contributed by atoms with Crippen LogP contribution in [-0.4, -0.2) is 92.3 Å². The Balaban J connectivity index is 1.76. The van der Waals surface area contributed by atoms with Gasteiger partial charge in [-0.1, -0.05) is 68.3 Å². The van der Waals surface area contributed by atoms with Crippen LogP contribution >= 0.6 is 11.6 Å². The number of benzene rings is 1. The Morgan fingerprint density at radius 3 is 2.38 bits per heavy atom. The summed E-state index contributed by atoms with van der Waals surface area (Å²) in [6, 6.07) is 3.73. The van der Waals surface area contributed by atoms with E-state index < -0.39 is 34.4 Å². The fourth-order valence-electron chi connectivity index (χ4n) is 6.12. The van der Waals surface area contributed by atoms with Gasteiger partial charge in [0.1, 0.15) is 28.6 Å². The number of amides is 1. The number of hydrogen-bond acceptors (Lipinski definition) is 10. The lowest BCUT2D eigenvalue weighted by molar-refractivity contribution is -0.146. The molecule has 53 heavy (non-hydrogen) atoms. The Bertz CT molecular complexity index is 1550. The van der Waals surface area contributed by atoms with Gasteiger partial charge in [-0.15, -0.1) is 0 Å². The first kappa shape index (κ1) is 44.7. The van der Waals surface area contributed by atoms with E-state index in [-0.39, 0.29) is 41.7 Å². The van der Waals surface area contributed by atoms with E-state index >= 15 is 0 Å². The van der Waals surface area contributed by atoms with E-state index in [1.54, 1.807) is 14.2 Å². The zero-order valence-corrected chi connectivity index (χ0v) is 37.3. The lowest BCUT2D eigenvalue weighted by atomic mass is 9.86. The number of rotatable bonds is 17. The second kappa shape index (κ2) is 17.8. The van der Waals surface area contributed by atoms with E-state index in [1.807, 2.05) is 51.1 Å². The number of hydrogen-bond donors (Lipinski definition) is 0. The zero-order valence-electron chi connectivity index (χ0n) is 34.5. The van der Waals surface area contributed by atoms with E-state index in [4.69, 9.17) is 44.2 Å². The van der Waals surface area contributed by atoms with Crippen molar-refractivity contribution in [2.75, 3.05) is 32.8 Å². The predicted octanol–water partition coefficient (Wildman–Crippen LogP) is 9.10. The highest BCUT2D eigenvalue weighted by atomic mass is 35.5. The molecule has 1 amide bonds. The molecule has 14 heteroatoms. The third kappa shape index (κ3) is 11.7. The third-order valence-corrected chi connectivity index (χ3v) is 16.1. The number of esters is 1. The van der Waals surface area contributed by atoms with Crippen molar-refractivity contribution in [3.05, 3.63) is 46.5 Å². The maximum atomic E-state index is 12.7. The molecule has 6 atom stereocenters. The second-order valence-electron chi connectivity index (χ2n) is 16.8. The van der Waals surface area contributed by atoms with Gasteiger partial charge in [0.2, 0.25) is 0 Å². The molecule has 1 unspecified atom stereocenters. The number of ether oxygens (including phenoxy) is 4. The molecule has 1 fully saturated rings. The lowest BCUT2D eigenvalue weighted by Crippen LogP contribution is -2.49. The van der Waals surface area contributed by atoms with Gasteiger partial charge in [-0.05, 0) is 82.7 Å². The Hall–Kier alpha value is -2.69. The minimum Gasteiger partial charge on any atom is -0.495 e. The summed E-state index contributed by atoms with van der Waals surface area (Å²) in [5.74, 6) is 0.167. The molecule has 0 aromatic heterocycles. The third-order valence-electron chi connectivity index (χ3n) is 10.3. The summed E-state index contributed by atoms with van der Waals surface area (Å²) in [5.41, 5.74) is 2.66. The molecule has 1 aromatic carbocycles. The fourth-order valence-corrected chi connectivity index (χ4v) is 8.80. The van der Waals surface area contributed by atoms with Crippen molar-refractivity contribution in [2.45, 2.75) is 136 Å². The van der Waals surface area contributed by atoms with Crippen LogP contribution in [-0.2, 0) is 39.1 Å². The molecule has 0 radical (unpaired) electrons. The molecular weight excluding hydrogens is 732 g/mol. The monoisotopic (exact) mass is 794 g/mol. The number of halogens is 1. The summed E-state index contributed by atoms with van der Waals surface area (Å²) in [4.78, 5) is 32.4. The molecule has 298 valence electrons. The summed E-state index contributed by atoms with van der Waals surface area (Å²) >= 11 is 6.53. The van der Waals surface area contributed by atoms with Crippen molar-refractivity contribution in [1.82, 2.24) is 0 Å². The fraction of sp³-hybridized carbons (Fsp3) is 0.667. The van der Waals surface area contributed by atoms with Crippen LogP contribution in [0.2, 0.25) is 42.8 Å². The van der Waals surface area contributed by atoms with Crippen LogP contribution in [0.25, 0.3) is 0 Å². The summed E-state index contributed by atoms with van der Waals surface area (Å²) < 4.78 is 35.6. The molecular formula is C39H63ClN2O9Si2. The molecule has 11 nitrogen and oxygen atoms in total. The van der Waals surface area contributed by atoms with Gasteiger partial charge in [0.15, 0.2) is 16.6 Å². The Kier molecular flexibility index (Phi) is 15.1. The SMILES string of the molecule is CCOC(=O)C[C@H](O[Si](C)(C)C(C)(C)C)[C@]1(C)O[C@H]1[C@H](C)[C@@H]1CC(C(/C=C/C=C(\C)Cc2cc(OC)c(Cl)c(N(C)C(=O)OC)c2)O[Si](C)(C)C)=NO1. The number of oxime groups is 1. The highest BCUT2D eigenvalue weighted by Gasteiger charge is 2.63.